The van der Waals surface area contributed by atoms with Crippen molar-refractivity contribution in [1.82, 2.24) is 25.6 Å². The fraction of sp³-hybridized carbons (Fsp3) is 0.192. The molecule has 178 valence electrons. The molecule has 8 nitrogen and oxygen atoms in total. The van der Waals surface area contributed by atoms with E-state index in [1.54, 1.807) is 31.4 Å². The number of benzene rings is 2. The fourth-order valence-electron chi connectivity index (χ4n) is 3.90. The summed E-state index contributed by atoms with van der Waals surface area (Å²) in [5.74, 6) is -0.638. The average molecular weight is 473 g/mol. The van der Waals surface area contributed by atoms with Crippen molar-refractivity contribution in [2.75, 3.05) is 26.0 Å². The lowest BCUT2D eigenvalue weighted by molar-refractivity contribution is 0.0953. The summed E-state index contributed by atoms with van der Waals surface area (Å²) in [4.78, 5) is 37.0. The standard InChI is InChI=1S/C26H25FN6O2/c1-15(17-5-4-6-18-19(25(34)28-2)9-10-30-24(17)18)13-31-23-12-22(32-14-33-23)16-7-8-20(21(27)11-16)26(35)29-3/h4-12,14-15H,13H2,1-3H3,(H,28,34)(H,29,35)(H,31,32,33)/t15-/m1/s1. The predicted molar refractivity (Wildman–Crippen MR) is 133 cm³/mol. The molecule has 0 unspecified atom stereocenters. The smallest absolute Gasteiger partial charge is 0.253 e. The number of para-hydroxylation sites is 1. The van der Waals surface area contributed by atoms with Crippen molar-refractivity contribution in [2.45, 2.75) is 12.8 Å². The second kappa shape index (κ2) is 10.3. The van der Waals surface area contributed by atoms with E-state index in [0.717, 1.165) is 16.5 Å². The molecule has 0 spiro atoms. The number of carbonyl (C=O) groups is 2. The average Bonchev–Trinajstić information content (AvgIpc) is 2.90. The SMILES string of the molecule is CNC(=O)c1ccc(-c2cc(NC[C@@H](C)c3cccc4c(C(=O)NC)ccnc34)ncn2)cc1F. The third kappa shape index (κ3) is 4.93. The van der Waals surface area contributed by atoms with Crippen LogP contribution < -0.4 is 16.0 Å². The van der Waals surface area contributed by atoms with Crippen LogP contribution in [0.5, 0.6) is 0 Å². The van der Waals surface area contributed by atoms with Crippen LogP contribution in [0.1, 0.15) is 39.1 Å². The quantitative estimate of drug-likeness (QED) is 0.378. The summed E-state index contributed by atoms with van der Waals surface area (Å²) in [5.41, 5.74) is 3.39. The lowest BCUT2D eigenvalue weighted by atomic mass is 9.96. The Balaban J connectivity index is 1.54. The topological polar surface area (TPSA) is 109 Å². The summed E-state index contributed by atoms with van der Waals surface area (Å²) in [6.07, 6.45) is 3.05. The minimum atomic E-state index is -0.622. The minimum Gasteiger partial charge on any atom is -0.369 e. The Bertz CT molecular complexity index is 1410. The van der Waals surface area contributed by atoms with Gasteiger partial charge in [-0.2, -0.15) is 0 Å². The molecule has 3 N–H and O–H groups in total. The highest BCUT2D eigenvalue weighted by atomic mass is 19.1. The number of carbonyl (C=O) groups excluding carboxylic acids is 2. The van der Waals surface area contributed by atoms with Crippen molar-refractivity contribution >= 4 is 28.5 Å². The number of nitrogens with one attached hydrogen (secondary N) is 3. The second-order valence-corrected chi connectivity index (χ2v) is 8.03. The summed E-state index contributed by atoms with van der Waals surface area (Å²) in [7, 11) is 3.06. The molecule has 2 aromatic carbocycles. The molecule has 0 aliphatic rings. The van der Waals surface area contributed by atoms with Gasteiger partial charge in [0, 0.05) is 49.8 Å². The van der Waals surface area contributed by atoms with Gasteiger partial charge in [0.25, 0.3) is 11.8 Å². The number of rotatable bonds is 7. The molecule has 0 saturated heterocycles. The zero-order chi connectivity index (χ0) is 24.9. The van der Waals surface area contributed by atoms with E-state index in [2.05, 4.69) is 37.8 Å². The van der Waals surface area contributed by atoms with Gasteiger partial charge in [0.1, 0.15) is 18.0 Å². The van der Waals surface area contributed by atoms with Gasteiger partial charge in [0.05, 0.1) is 22.3 Å². The van der Waals surface area contributed by atoms with Gasteiger partial charge in [-0.1, -0.05) is 31.2 Å². The van der Waals surface area contributed by atoms with E-state index in [1.165, 1.54) is 25.5 Å². The molecule has 2 amide bonds. The van der Waals surface area contributed by atoms with Gasteiger partial charge in [-0.15, -0.1) is 0 Å². The van der Waals surface area contributed by atoms with Gasteiger partial charge in [0.15, 0.2) is 0 Å². The van der Waals surface area contributed by atoms with Crippen molar-refractivity contribution in [3.8, 4) is 11.3 Å². The first-order chi connectivity index (χ1) is 16.9. The molecule has 0 saturated carbocycles. The van der Waals surface area contributed by atoms with Crippen LogP contribution in [0.4, 0.5) is 10.2 Å². The largest absolute Gasteiger partial charge is 0.369 e. The highest BCUT2D eigenvalue weighted by Crippen LogP contribution is 2.27. The maximum atomic E-state index is 14.4. The Kier molecular flexibility index (Phi) is 6.96. The number of hydrogen-bond acceptors (Lipinski definition) is 6. The molecule has 0 radical (unpaired) electrons. The van der Waals surface area contributed by atoms with Crippen LogP contribution in [0.25, 0.3) is 22.2 Å². The number of nitrogens with zero attached hydrogens (tertiary/aromatic N) is 3. The Labute approximate surface area is 202 Å². The zero-order valence-electron chi connectivity index (χ0n) is 19.6. The van der Waals surface area contributed by atoms with Crippen LogP contribution in [0.3, 0.4) is 0 Å². The molecule has 2 aromatic heterocycles. The van der Waals surface area contributed by atoms with Crippen molar-refractivity contribution in [3.63, 3.8) is 0 Å². The molecule has 9 heteroatoms. The molecule has 4 rings (SSSR count). The normalized spacial score (nSPS) is 11.7. The van der Waals surface area contributed by atoms with Crippen molar-refractivity contribution in [1.29, 1.82) is 0 Å². The van der Waals surface area contributed by atoms with E-state index in [0.29, 0.717) is 29.2 Å². The minimum absolute atomic E-state index is 0.0271. The molecular weight excluding hydrogens is 447 g/mol. The third-order valence-electron chi connectivity index (χ3n) is 5.80. The molecule has 0 aliphatic carbocycles. The van der Waals surface area contributed by atoms with E-state index in [4.69, 9.17) is 0 Å². The van der Waals surface area contributed by atoms with Gasteiger partial charge in [0.2, 0.25) is 0 Å². The maximum Gasteiger partial charge on any atom is 0.253 e. The highest BCUT2D eigenvalue weighted by Gasteiger charge is 2.16. The van der Waals surface area contributed by atoms with E-state index in [1.807, 2.05) is 18.2 Å². The number of anilines is 1. The summed E-state index contributed by atoms with van der Waals surface area (Å²) >= 11 is 0. The maximum absolute atomic E-state index is 14.4. The fourth-order valence-corrected chi connectivity index (χ4v) is 3.90. The molecule has 4 aromatic rings. The van der Waals surface area contributed by atoms with Crippen LogP contribution in [0.2, 0.25) is 0 Å². The molecule has 0 fully saturated rings. The van der Waals surface area contributed by atoms with Crippen molar-refractivity contribution in [3.05, 3.63) is 83.6 Å². The van der Waals surface area contributed by atoms with E-state index < -0.39 is 11.7 Å². The number of hydrogen-bond donors (Lipinski definition) is 3. The number of halogens is 1. The summed E-state index contributed by atoms with van der Waals surface area (Å²) in [6.45, 7) is 2.61. The molecule has 0 bridgehead atoms. The van der Waals surface area contributed by atoms with Crippen LogP contribution in [-0.4, -0.2) is 47.4 Å². The van der Waals surface area contributed by atoms with Crippen LogP contribution in [0.15, 0.2) is 61.1 Å². The first-order valence-corrected chi connectivity index (χ1v) is 11.1. The number of fused-ring (bicyclic) bond motifs is 1. The van der Waals surface area contributed by atoms with Gasteiger partial charge in [-0.3, -0.25) is 14.6 Å². The number of pyridine rings is 1. The summed E-state index contributed by atoms with van der Waals surface area (Å²) < 4.78 is 14.4. The zero-order valence-corrected chi connectivity index (χ0v) is 19.6. The monoisotopic (exact) mass is 472 g/mol. The number of amides is 2. The third-order valence-corrected chi connectivity index (χ3v) is 5.80. The first-order valence-electron chi connectivity index (χ1n) is 11.1. The van der Waals surface area contributed by atoms with Crippen molar-refractivity contribution < 1.29 is 14.0 Å². The Morgan fingerprint density at radius 2 is 1.71 bits per heavy atom. The highest BCUT2D eigenvalue weighted by molar-refractivity contribution is 6.06. The van der Waals surface area contributed by atoms with Crippen molar-refractivity contribution in [2.24, 2.45) is 0 Å². The lowest BCUT2D eigenvalue weighted by Crippen LogP contribution is -2.19. The van der Waals surface area contributed by atoms with Crippen LogP contribution in [-0.2, 0) is 0 Å². The molecule has 35 heavy (non-hydrogen) atoms. The van der Waals surface area contributed by atoms with Gasteiger partial charge in [-0.05, 0) is 23.8 Å². The van der Waals surface area contributed by atoms with Crippen LogP contribution in [0, 0.1) is 5.82 Å². The second-order valence-electron chi connectivity index (χ2n) is 8.03. The predicted octanol–water partition coefficient (Wildman–Crippen LogP) is 3.77. The Morgan fingerprint density at radius 3 is 2.46 bits per heavy atom. The molecule has 1 atom stereocenters. The van der Waals surface area contributed by atoms with Crippen LogP contribution >= 0.6 is 0 Å². The Morgan fingerprint density at radius 1 is 0.943 bits per heavy atom. The van der Waals surface area contributed by atoms with E-state index in [-0.39, 0.29) is 17.4 Å². The van der Waals surface area contributed by atoms with E-state index in [9.17, 15) is 14.0 Å². The van der Waals surface area contributed by atoms with E-state index >= 15 is 0 Å². The summed E-state index contributed by atoms with van der Waals surface area (Å²) in [6, 6.07) is 13.6. The van der Waals surface area contributed by atoms with Gasteiger partial charge < -0.3 is 16.0 Å². The Hall–Kier alpha value is -4.40. The van der Waals surface area contributed by atoms with Gasteiger partial charge in [-0.25, -0.2) is 14.4 Å². The number of aromatic nitrogens is 3. The molecule has 0 aliphatic heterocycles. The summed E-state index contributed by atoms with van der Waals surface area (Å²) in [5, 5.41) is 9.18. The molecular formula is C26H25FN6O2. The molecule has 2 heterocycles. The first kappa shape index (κ1) is 23.7. The lowest BCUT2D eigenvalue weighted by Gasteiger charge is -2.16. The van der Waals surface area contributed by atoms with Gasteiger partial charge >= 0.3 is 0 Å².